The van der Waals surface area contributed by atoms with E-state index in [-0.39, 0.29) is 17.4 Å². The molecule has 0 aromatic carbocycles. The van der Waals surface area contributed by atoms with Gasteiger partial charge in [0.2, 0.25) is 5.95 Å². The van der Waals surface area contributed by atoms with Gasteiger partial charge in [0.15, 0.2) is 0 Å². The number of rotatable bonds is 2. The zero-order valence-electron chi connectivity index (χ0n) is 13.1. The largest absolute Gasteiger partial charge is 0.481 e. The summed E-state index contributed by atoms with van der Waals surface area (Å²) in [4.78, 5) is 24.4. The van der Waals surface area contributed by atoms with Gasteiger partial charge in [-0.25, -0.2) is 4.98 Å². The van der Waals surface area contributed by atoms with Gasteiger partial charge in [0.1, 0.15) is 17.5 Å². The molecule has 1 aromatic rings. The van der Waals surface area contributed by atoms with Gasteiger partial charge < -0.3 is 20.6 Å². The monoisotopic (exact) mass is 316 g/mol. The van der Waals surface area contributed by atoms with Crippen molar-refractivity contribution in [3.8, 4) is 6.07 Å². The van der Waals surface area contributed by atoms with Crippen LogP contribution in [-0.4, -0.2) is 58.7 Å². The number of nitrogens with zero attached hydrogens (tertiary/aromatic N) is 5. The number of carbonyl (C=O) groups is 1. The van der Waals surface area contributed by atoms with Crippen molar-refractivity contribution in [1.82, 2.24) is 14.9 Å². The molecule has 0 radical (unpaired) electrons. The number of fused-ring (bicyclic) bond motifs is 1. The normalized spacial score (nSPS) is 28.0. The fraction of sp³-hybridized carbons (Fsp3) is 0.600. The zero-order valence-corrected chi connectivity index (χ0v) is 13.1. The minimum Gasteiger partial charge on any atom is -0.481 e. The molecule has 122 valence electrons. The maximum absolute atomic E-state index is 11.9. The molecule has 0 unspecified atom stereocenters. The highest BCUT2D eigenvalue weighted by Gasteiger charge is 2.52. The van der Waals surface area contributed by atoms with Crippen LogP contribution in [0.5, 0.6) is 0 Å². The van der Waals surface area contributed by atoms with E-state index in [0.29, 0.717) is 31.9 Å². The van der Waals surface area contributed by atoms with Gasteiger partial charge in [-0.05, 0) is 32.9 Å². The first kappa shape index (κ1) is 15.5. The third-order valence-electron chi connectivity index (χ3n) is 5.16. The van der Waals surface area contributed by atoms with Crippen LogP contribution in [0.4, 0.5) is 11.8 Å². The van der Waals surface area contributed by atoms with Crippen molar-refractivity contribution in [1.29, 1.82) is 5.26 Å². The highest BCUT2D eigenvalue weighted by molar-refractivity contribution is 5.76. The van der Waals surface area contributed by atoms with Crippen LogP contribution in [0.15, 0.2) is 6.20 Å². The van der Waals surface area contributed by atoms with E-state index in [1.54, 1.807) is 0 Å². The van der Waals surface area contributed by atoms with Crippen molar-refractivity contribution < 1.29 is 9.90 Å². The number of nitrogens with two attached hydrogens (primary N) is 1. The summed E-state index contributed by atoms with van der Waals surface area (Å²) < 4.78 is 0. The van der Waals surface area contributed by atoms with Crippen LogP contribution in [0.2, 0.25) is 0 Å². The Balaban J connectivity index is 1.88. The highest BCUT2D eigenvalue weighted by atomic mass is 16.4. The van der Waals surface area contributed by atoms with Gasteiger partial charge in [0, 0.05) is 19.1 Å². The minimum atomic E-state index is -0.714. The summed E-state index contributed by atoms with van der Waals surface area (Å²) in [6.45, 7) is 2.01. The summed E-state index contributed by atoms with van der Waals surface area (Å²) in [5.74, 6) is -0.0991. The maximum Gasteiger partial charge on any atom is 0.311 e. The van der Waals surface area contributed by atoms with E-state index in [2.05, 4.69) is 14.9 Å². The van der Waals surface area contributed by atoms with E-state index in [1.165, 1.54) is 6.20 Å². The summed E-state index contributed by atoms with van der Waals surface area (Å²) in [6, 6.07) is 1.86. The molecule has 0 saturated carbocycles. The average molecular weight is 316 g/mol. The van der Waals surface area contributed by atoms with E-state index in [9.17, 15) is 9.90 Å². The lowest BCUT2D eigenvalue weighted by Gasteiger charge is -2.51. The quantitative estimate of drug-likeness (QED) is 0.800. The lowest BCUT2D eigenvalue weighted by atomic mass is 9.68. The number of carboxylic acids is 1. The maximum atomic E-state index is 11.9. The lowest BCUT2D eigenvalue weighted by Crippen LogP contribution is -2.63. The molecule has 23 heavy (non-hydrogen) atoms. The molecular weight excluding hydrogens is 296 g/mol. The highest BCUT2D eigenvalue weighted by Crippen LogP contribution is 2.42. The molecule has 3 N–H and O–H groups in total. The zero-order chi connectivity index (χ0) is 16.6. The topological polar surface area (TPSA) is 119 Å². The number of nitrogen functional groups attached to an aromatic ring is 1. The number of likely N-dealkylation sites (tertiary alicyclic amines) is 1. The molecule has 8 nitrogen and oxygen atoms in total. The van der Waals surface area contributed by atoms with Crippen LogP contribution in [0, 0.1) is 16.7 Å². The molecule has 0 bridgehead atoms. The second kappa shape index (κ2) is 5.66. The molecule has 2 saturated heterocycles. The van der Waals surface area contributed by atoms with Gasteiger partial charge in [-0.2, -0.15) is 10.2 Å². The SMILES string of the molecule is CN1CCC[C@]2(C(=O)O)CCN(c3ncc(C#N)c(N)n3)C[C@@H]12. The Morgan fingerprint density at radius 2 is 2.30 bits per heavy atom. The Bertz CT molecular complexity index is 672. The molecule has 0 aliphatic carbocycles. The number of carboxylic acid groups (broad SMARTS) is 1. The third-order valence-corrected chi connectivity index (χ3v) is 5.16. The van der Waals surface area contributed by atoms with E-state index < -0.39 is 11.4 Å². The standard InChI is InChI=1S/C15H20N6O2/c1-20-5-2-3-15(13(22)23)4-6-21(9-11(15)20)14-18-8-10(7-16)12(17)19-14/h8,11H,2-6,9H2,1H3,(H,22,23)(H2,17,18,19)/t11-,15+/m1/s1. The van der Waals surface area contributed by atoms with Crippen LogP contribution in [-0.2, 0) is 4.79 Å². The fourth-order valence-electron chi connectivity index (χ4n) is 3.79. The van der Waals surface area contributed by atoms with Crippen molar-refractivity contribution in [2.24, 2.45) is 5.41 Å². The van der Waals surface area contributed by atoms with Crippen molar-refractivity contribution in [2.45, 2.75) is 25.3 Å². The van der Waals surface area contributed by atoms with Gasteiger partial charge in [-0.1, -0.05) is 0 Å². The van der Waals surface area contributed by atoms with Gasteiger partial charge in [-0.15, -0.1) is 0 Å². The van der Waals surface area contributed by atoms with Crippen LogP contribution in [0.25, 0.3) is 0 Å². The average Bonchev–Trinajstić information content (AvgIpc) is 2.54. The lowest BCUT2D eigenvalue weighted by molar-refractivity contribution is -0.158. The molecule has 0 spiro atoms. The Labute approximate surface area is 134 Å². The molecule has 1 aromatic heterocycles. The molecule has 8 heteroatoms. The molecule has 2 atom stereocenters. The van der Waals surface area contributed by atoms with Crippen LogP contribution < -0.4 is 10.6 Å². The first-order valence-electron chi connectivity index (χ1n) is 7.69. The number of aromatic nitrogens is 2. The summed E-state index contributed by atoms with van der Waals surface area (Å²) in [6.07, 6.45) is 3.59. The second-order valence-corrected chi connectivity index (χ2v) is 6.34. The Morgan fingerprint density at radius 1 is 1.52 bits per heavy atom. The molecule has 2 fully saturated rings. The van der Waals surface area contributed by atoms with E-state index >= 15 is 0 Å². The van der Waals surface area contributed by atoms with Crippen LogP contribution in [0.1, 0.15) is 24.8 Å². The number of hydrogen-bond donors (Lipinski definition) is 2. The number of piperidine rings is 2. The van der Waals surface area contributed by atoms with Crippen molar-refractivity contribution in [2.75, 3.05) is 37.3 Å². The number of nitriles is 1. The number of aliphatic carboxylic acids is 1. The predicted octanol–water partition coefficient (Wildman–Crippen LogP) is 0.306. The Morgan fingerprint density at radius 3 is 2.96 bits per heavy atom. The van der Waals surface area contributed by atoms with Gasteiger partial charge in [0.25, 0.3) is 0 Å². The molecule has 2 aliphatic rings. The number of likely N-dealkylation sites (N-methyl/N-ethyl adjacent to an activating group) is 1. The Hall–Kier alpha value is -2.40. The Kier molecular flexibility index (Phi) is 3.82. The molecule has 3 rings (SSSR count). The van der Waals surface area contributed by atoms with Crippen LogP contribution >= 0.6 is 0 Å². The number of anilines is 2. The second-order valence-electron chi connectivity index (χ2n) is 6.34. The van der Waals surface area contributed by atoms with Crippen molar-refractivity contribution in [3.63, 3.8) is 0 Å². The van der Waals surface area contributed by atoms with Gasteiger partial charge in [0.05, 0.1) is 11.6 Å². The summed E-state index contributed by atoms with van der Waals surface area (Å²) >= 11 is 0. The van der Waals surface area contributed by atoms with E-state index in [4.69, 9.17) is 11.0 Å². The predicted molar refractivity (Wildman–Crippen MR) is 83.7 cm³/mol. The summed E-state index contributed by atoms with van der Waals surface area (Å²) in [5.41, 5.74) is 5.32. The molecule has 0 amide bonds. The van der Waals surface area contributed by atoms with E-state index in [0.717, 1.165) is 13.0 Å². The van der Waals surface area contributed by atoms with E-state index in [1.807, 2.05) is 18.0 Å². The molecule has 3 heterocycles. The van der Waals surface area contributed by atoms with Gasteiger partial charge >= 0.3 is 5.97 Å². The van der Waals surface area contributed by atoms with Crippen molar-refractivity contribution in [3.05, 3.63) is 11.8 Å². The smallest absolute Gasteiger partial charge is 0.311 e. The number of hydrogen-bond acceptors (Lipinski definition) is 7. The molecular formula is C15H20N6O2. The summed E-state index contributed by atoms with van der Waals surface area (Å²) in [7, 11) is 1.97. The minimum absolute atomic E-state index is 0.0806. The van der Waals surface area contributed by atoms with Crippen LogP contribution in [0.3, 0.4) is 0 Å². The first-order valence-corrected chi connectivity index (χ1v) is 7.69. The van der Waals surface area contributed by atoms with Crippen molar-refractivity contribution >= 4 is 17.7 Å². The first-order chi connectivity index (χ1) is 11.0. The third kappa shape index (κ3) is 2.47. The fourth-order valence-corrected chi connectivity index (χ4v) is 3.79. The summed E-state index contributed by atoms with van der Waals surface area (Å²) in [5, 5.41) is 18.7. The molecule has 2 aliphatic heterocycles. The van der Waals surface area contributed by atoms with Gasteiger partial charge in [-0.3, -0.25) is 4.79 Å².